The van der Waals surface area contributed by atoms with Crippen LogP contribution in [-0.4, -0.2) is 19.5 Å². The third-order valence-corrected chi connectivity index (χ3v) is 9.78. The molecule has 0 aliphatic heterocycles. The van der Waals surface area contributed by atoms with Crippen LogP contribution in [0.2, 0.25) is 0 Å². The molecule has 0 amide bonds. The molecule has 4 aromatic heterocycles. The molecule has 0 fully saturated rings. The molecule has 0 bridgehead atoms. The van der Waals surface area contributed by atoms with E-state index in [4.69, 9.17) is 19.4 Å². The normalized spacial score (nSPS) is 12.0. The standard InChI is InChI=1S/C39H22N4OS/c1-3-11-23(12-4-1)37-40-38(24-13-5-2-6-14-24)42-39(41-37)43-31-17-9-7-15-25(31)27-21-33-29(20-32(27)43)28-19-30-26-16-8-10-18-35(26)45-36(30)22-34(28)44-33/h1-22H. The van der Waals surface area contributed by atoms with Gasteiger partial charge in [-0.05, 0) is 36.4 Å². The summed E-state index contributed by atoms with van der Waals surface area (Å²) in [7, 11) is 0. The molecule has 5 nitrogen and oxygen atoms in total. The lowest BCUT2D eigenvalue weighted by atomic mass is 10.1. The molecule has 0 N–H and O–H groups in total. The zero-order chi connectivity index (χ0) is 29.5. The second kappa shape index (κ2) is 9.32. The van der Waals surface area contributed by atoms with Gasteiger partial charge in [-0.1, -0.05) is 97.1 Å². The van der Waals surface area contributed by atoms with Gasteiger partial charge < -0.3 is 4.42 Å². The van der Waals surface area contributed by atoms with Crippen LogP contribution in [0.1, 0.15) is 0 Å². The van der Waals surface area contributed by atoms with Crippen LogP contribution >= 0.6 is 11.3 Å². The first-order chi connectivity index (χ1) is 22.3. The van der Waals surface area contributed by atoms with Gasteiger partial charge in [0.25, 0.3) is 0 Å². The lowest BCUT2D eigenvalue weighted by Gasteiger charge is -2.10. The van der Waals surface area contributed by atoms with E-state index in [1.807, 2.05) is 60.7 Å². The van der Waals surface area contributed by atoms with Gasteiger partial charge in [0.15, 0.2) is 11.6 Å². The van der Waals surface area contributed by atoms with Crippen LogP contribution in [0.5, 0.6) is 0 Å². The van der Waals surface area contributed by atoms with Crippen molar-refractivity contribution in [2.24, 2.45) is 0 Å². The average molecular weight is 595 g/mol. The predicted octanol–water partition coefficient (Wildman–Crippen LogP) is 10.6. The van der Waals surface area contributed by atoms with E-state index < -0.39 is 0 Å². The number of fused-ring (bicyclic) bond motifs is 9. The Bertz CT molecular complexity index is 2700. The molecule has 0 spiro atoms. The summed E-state index contributed by atoms with van der Waals surface area (Å²) in [6.07, 6.45) is 0. The molecule has 0 saturated carbocycles. The van der Waals surface area contributed by atoms with Gasteiger partial charge in [0, 0.05) is 52.8 Å². The molecule has 10 rings (SSSR count). The van der Waals surface area contributed by atoms with Crippen LogP contribution in [0, 0.1) is 0 Å². The van der Waals surface area contributed by atoms with Crippen molar-refractivity contribution < 1.29 is 4.42 Å². The van der Waals surface area contributed by atoms with Crippen LogP contribution in [0.15, 0.2) is 138 Å². The lowest BCUT2D eigenvalue weighted by molar-refractivity contribution is 0.670. The number of hydrogen-bond acceptors (Lipinski definition) is 5. The van der Waals surface area contributed by atoms with Crippen LogP contribution in [0.3, 0.4) is 0 Å². The minimum atomic E-state index is 0.576. The number of furan rings is 1. The van der Waals surface area contributed by atoms with Crippen molar-refractivity contribution in [3.05, 3.63) is 133 Å². The van der Waals surface area contributed by atoms with Crippen LogP contribution in [0.25, 0.3) is 92.6 Å². The van der Waals surface area contributed by atoms with Crippen molar-refractivity contribution in [3.8, 4) is 28.7 Å². The molecular weight excluding hydrogens is 573 g/mol. The topological polar surface area (TPSA) is 56.7 Å². The Labute approximate surface area is 260 Å². The van der Waals surface area contributed by atoms with Crippen molar-refractivity contribution in [2.45, 2.75) is 0 Å². The van der Waals surface area contributed by atoms with E-state index in [0.717, 1.165) is 54.9 Å². The maximum Gasteiger partial charge on any atom is 0.238 e. The van der Waals surface area contributed by atoms with Crippen molar-refractivity contribution in [2.75, 3.05) is 0 Å². The second-order valence-corrected chi connectivity index (χ2v) is 12.4. The van der Waals surface area contributed by atoms with Gasteiger partial charge in [0.05, 0.1) is 11.0 Å². The molecule has 0 aliphatic carbocycles. The zero-order valence-electron chi connectivity index (χ0n) is 23.8. The summed E-state index contributed by atoms with van der Waals surface area (Å²) in [4.78, 5) is 15.1. The molecule has 0 aliphatic rings. The summed E-state index contributed by atoms with van der Waals surface area (Å²) in [5, 5.41) is 6.90. The molecular formula is C39H22N4OS. The highest BCUT2D eigenvalue weighted by Crippen LogP contribution is 2.42. The van der Waals surface area contributed by atoms with Crippen molar-refractivity contribution in [1.82, 2.24) is 19.5 Å². The Kier molecular flexibility index (Phi) is 5.09. The Morgan fingerprint density at radius 3 is 1.82 bits per heavy atom. The summed E-state index contributed by atoms with van der Waals surface area (Å²) in [5.74, 6) is 1.84. The van der Waals surface area contributed by atoms with E-state index in [1.165, 1.54) is 20.2 Å². The molecule has 10 aromatic rings. The third-order valence-electron chi connectivity index (χ3n) is 8.65. The number of thiophene rings is 1. The SMILES string of the molecule is c1ccc(-c2nc(-c3ccccc3)nc(-n3c4ccccc4c4cc5oc6cc7sc8ccccc8c7cc6c5cc43)n2)cc1. The van der Waals surface area contributed by atoms with Crippen molar-refractivity contribution >= 4 is 75.3 Å². The number of aromatic nitrogens is 4. The highest BCUT2D eigenvalue weighted by Gasteiger charge is 2.20. The van der Waals surface area contributed by atoms with Gasteiger partial charge in [0.1, 0.15) is 11.2 Å². The summed E-state index contributed by atoms with van der Waals surface area (Å²) in [6, 6.07) is 46.1. The fraction of sp³-hybridized carbons (Fsp3) is 0. The van der Waals surface area contributed by atoms with Crippen LogP contribution < -0.4 is 0 Å². The number of rotatable bonds is 3. The third kappa shape index (κ3) is 3.70. The number of hydrogen-bond donors (Lipinski definition) is 0. The Morgan fingerprint density at radius 2 is 1.07 bits per heavy atom. The molecule has 6 aromatic carbocycles. The van der Waals surface area contributed by atoms with E-state index in [-0.39, 0.29) is 0 Å². The molecule has 0 radical (unpaired) electrons. The fourth-order valence-corrected chi connectivity index (χ4v) is 7.69. The van der Waals surface area contributed by atoms with Gasteiger partial charge in [0.2, 0.25) is 5.95 Å². The van der Waals surface area contributed by atoms with Gasteiger partial charge in [-0.15, -0.1) is 11.3 Å². The highest BCUT2D eigenvalue weighted by atomic mass is 32.1. The number of para-hydroxylation sites is 1. The van der Waals surface area contributed by atoms with Crippen molar-refractivity contribution in [3.63, 3.8) is 0 Å². The highest BCUT2D eigenvalue weighted by molar-refractivity contribution is 7.25. The smallest absolute Gasteiger partial charge is 0.238 e. The van der Waals surface area contributed by atoms with Crippen molar-refractivity contribution in [1.29, 1.82) is 0 Å². The molecule has 210 valence electrons. The van der Waals surface area contributed by atoms with Gasteiger partial charge in [-0.2, -0.15) is 9.97 Å². The first kappa shape index (κ1) is 24.6. The van der Waals surface area contributed by atoms with E-state index in [0.29, 0.717) is 17.6 Å². The second-order valence-electron chi connectivity index (χ2n) is 11.3. The summed E-state index contributed by atoms with van der Waals surface area (Å²) >= 11 is 1.81. The zero-order valence-corrected chi connectivity index (χ0v) is 24.6. The largest absolute Gasteiger partial charge is 0.456 e. The Hall–Kier alpha value is -5.85. The molecule has 4 heterocycles. The lowest BCUT2D eigenvalue weighted by Crippen LogP contribution is -2.06. The Balaban J connectivity index is 1.30. The van der Waals surface area contributed by atoms with Gasteiger partial charge in [-0.3, -0.25) is 4.57 Å². The maximum atomic E-state index is 6.54. The Morgan fingerprint density at radius 1 is 0.444 bits per heavy atom. The molecule has 45 heavy (non-hydrogen) atoms. The van der Waals surface area contributed by atoms with E-state index >= 15 is 0 Å². The quantitative estimate of drug-likeness (QED) is 0.204. The first-order valence-electron chi connectivity index (χ1n) is 14.9. The van der Waals surface area contributed by atoms with Crippen LogP contribution in [0.4, 0.5) is 0 Å². The molecule has 0 atom stereocenters. The van der Waals surface area contributed by atoms with E-state index in [1.54, 1.807) is 11.3 Å². The minimum Gasteiger partial charge on any atom is -0.456 e. The average Bonchev–Trinajstić information content (AvgIpc) is 3.75. The monoisotopic (exact) mass is 594 g/mol. The number of nitrogens with zero attached hydrogens (tertiary/aromatic N) is 4. The maximum absolute atomic E-state index is 6.54. The molecule has 6 heteroatoms. The summed E-state index contributed by atoms with van der Waals surface area (Å²) in [5.41, 5.74) is 5.69. The summed E-state index contributed by atoms with van der Waals surface area (Å²) in [6.45, 7) is 0. The molecule has 0 unspecified atom stereocenters. The van der Waals surface area contributed by atoms with Crippen LogP contribution in [-0.2, 0) is 0 Å². The molecule has 0 saturated heterocycles. The van der Waals surface area contributed by atoms with Gasteiger partial charge >= 0.3 is 0 Å². The predicted molar refractivity (Wildman–Crippen MR) is 185 cm³/mol. The number of benzene rings is 6. The van der Waals surface area contributed by atoms with E-state index in [2.05, 4.69) is 77.4 Å². The fourth-order valence-electron chi connectivity index (χ4n) is 6.57. The first-order valence-corrected chi connectivity index (χ1v) is 15.7. The minimum absolute atomic E-state index is 0.576. The summed E-state index contributed by atoms with van der Waals surface area (Å²) < 4.78 is 11.2. The van der Waals surface area contributed by atoms with E-state index in [9.17, 15) is 0 Å². The van der Waals surface area contributed by atoms with Gasteiger partial charge in [-0.25, -0.2) is 4.98 Å².